The molecule has 1 spiro atoms. The molecule has 3 heterocycles. The van der Waals surface area contributed by atoms with Gasteiger partial charge in [-0.3, -0.25) is 9.59 Å². The summed E-state index contributed by atoms with van der Waals surface area (Å²) in [6.07, 6.45) is 1.87. The van der Waals surface area contributed by atoms with Crippen LogP contribution < -0.4 is 10.6 Å². The first-order valence-electron chi connectivity index (χ1n) is 10.3. The molecule has 1 amide bonds. The quantitative estimate of drug-likeness (QED) is 0.595. The molecule has 1 atom stereocenters. The lowest BCUT2D eigenvalue weighted by atomic mass is 9.64. The molecule has 0 radical (unpaired) electrons. The van der Waals surface area contributed by atoms with Crippen molar-refractivity contribution in [2.24, 2.45) is 0 Å². The van der Waals surface area contributed by atoms with Gasteiger partial charge in [0.2, 0.25) is 5.91 Å². The van der Waals surface area contributed by atoms with Crippen LogP contribution in [0.5, 0.6) is 0 Å². The van der Waals surface area contributed by atoms with Crippen molar-refractivity contribution in [3.05, 3.63) is 81.6 Å². The summed E-state index contributed by atoms with van der Waals surface area (Å²) in [5.41, 5.74) is 3.74. The highest BCUT2D eigenvalue weighted by Gasteiger charge is 2.59. The number of fused-ring (bicyclic) bond motifs is 5. The molecule has 6 rings (SSSR count). The number of ketones is 1. The Balaban J connectivity index is 1.74. The van der Waals surface area contributed by atoms with E-state index in [9.17, 15) is 9.59 Å². The zero-order valence-corrected chi connectivity index (χ0v) is 17.6. The van der Waals surface area contributed by atoms with Gasteiger partial charge in [0.1, 0.15) is 11.2 Å². The van der Waals surface area contributed by atoms with Crippen LogP contribution in [0, 0.1) is 6.92 Å². The normalized spacial score (nSPS) is 21.5. The molecule has 3 aromatic rings. The van der Waals surface area contributed by atoms with Gasteiger partial charge in [0.25, 0.3) is 0 Å². The number of anilines is 2. The zero-order chi connectivity index (χ0) is 21.3. The monoisotopic (exact) mass is 430 g/mol. The maximum absolute atomic E-state index is 13.8. The van der Waals surface area contributed by atoms with Gasteiger partial charge in [-0.2, -0.15) is 5.10 Å². The van der Waals surface area contributed by atoms with Gasteiger partial charge in [-0.1, -0.05) is 29.8 Å². The van der Waals surface area contributed by atoms with E-state index in [1.807, 2.05) is 41.9 Å². The molecule has 2 aliphatic heterocycles. The van der Waals surface area contributed by atoms with Crippen molar-refractivity contribution >= 4 is 34.8 Å². The molecule has 0 fully saturated rings. The van der Waals surface area contributed by atoms with E-state index < -0.39 is 5.41 Å². The number of hydrogen-bond donors (Lipinski definition) is 2. The topological polar surface area (TPSA) is 76.0 Å². The van der Waals surface area contributed by atoms with Crippen molar-refractivity contribution in [2.75, 3.05) is 10.6 Å². The molecule has 0 bridgehead atoms. The lowest BCUT2D eigenvalue weighted by Gasteiger charge is -2.38. The molecular weight excluding hydrogens is 412 g/mol. The van der Waals surface area contributed by atoms with Crippen molar-refractivity contribution in [2.45, 2.75) is 31.6 Å². The maximum Gasteiger partial charge on any atom is 0.244 e. The van der Waals surface area contributed by atoms with Crippen LogP contribution in [-0.2, 0) is 15.0 Å². The third-order valence-corrected chi connectivity index (χ3v) is 6.70. The van der Waals surface area contributed by atoms with Crippen LogP contribution in [0.2, 0.25) is 5.02 Å². The molecule has 3 aliphatic rings. The van der Waals surface area contributed by atoms with E-state index in [1.54, 1.807) is 18.2 Å². The number of allylic oxidation sites excluding steroid dienone is 1. The fourth-order valence-corrected chi connectivity index (χ4v) is 5.46. The van der Waals surface area contributed by atoms with Gasteiger partial charge in [0.05, 0.1) is 11.4 Å². The van der Waals surface area contributed by atoms with Gasteiger partial charge in [-0.15, -0.1) is 0 Å². The van der Waals surface area contributed by atoms with E-state index in [0.717, 1.165) is 23.6 Å². The second-order valence-corrected chi connectivity index (χ2v) is 8.64. The molecule has 2 aromatic carbocycles. The predicted octanol–water partition coefficient (Wildman–Crippen LogP) is 4.50. The minimum absolute atomic E-state index is 0.00534. The summed E-state index contributed by atoms with van der Waals surface area (Å²) in [6, 6.07) is 15.1. The van der Waals surface area contributed by atoms with Crippen molar-refractivity contribution in [1.82, 2.24) is 9.78 Å². The number of halogens is 1. The smallest absolute Gasteiger partial charge is 0.244 e. The van der Waals surface area contributed by atoms with Crippen molar-refractivity contribution < 1.29 is 9.59 Å². The number of amides is 1. The molecule has 6 nitrogen and oxygen atoms in total. The van der Waals surface area contributed by atoms with Crippen LogP contribution in [-0.4, -0.2) is 21.5 Å². The number of nitrogens with one attached hydrogen (secondary N) is 2. The predicted molar refractivity (Wildman–Crippen MR) is 119 cm³/mol. The summed E-state index contributed by atoms with van der Waals surface area (Å²) in [7, 11) is 0. The second-order valence-electron chi connectivity index (χ2n) is 8.21. The van der Waals surface area contributed by atoms with E-state index in [0.29, 0.717) is 45.9 Å². The van der Waals surface area contributed by atoms with Crippen LogP contribution in [0.4, 0.5) is 11.5 Å². The number of aryl methyl sites for hydroxylation is 1. The van der Waals surface area contributed by atoms with Crippen LogP contribution in [0.1, 0.15) is 36.1 Å². The Kier molecular flexibility index (Phi) is 3.74. The Hall–Kier alpha value is -3.38. The minimum atomic E-state index is -1.26. The first kappa shape index (κ1) is 18.4. The highest BCUT2D eigenvalue weighted by molar-refractivity contribution is 6.31. The molecule has 1 aliphatic carbocycles. The number of aromatic nitrogens is 2. The van der Waals surface area contributed by atoms with Crippen molar-refractivity contribution in [3.63, 3.8) is 0 Å². The molecule has 154 valence electrons. The van der Waals surface area contributed by atoms with Gasteiger partial charge < -0.3 is 10.6 Å². The Morgan fingerprint density at radius 3 is 2.68 bits per heavy atom. The Bertz CT molecular complexity index is 1320. The van der Waals surface area contributed by atoms with Crippen LogP contribution in [0.3, 0.4) is 0 Å². The Morgan fingerprint density at radius 2 is 1.87 bits per heavy atom. The van der Waals surface area contributed by atoms with E-state index in [-0.39, 0.29) is 11.7 Å². The summed E-state index contributed by atoms with van der Waals surface area (Å²) in [5.74, 6) is 0.486. The van der Waals surface area contributed by atoms with Crippen LogP contribution >= 0.6 is 11.6 Å². The van der Waals surface area contributed by atoms with Gasteiger partial charge in [0, 0.05) is 39.5 Å². The SMILES string of the molecule is Cc1nn(-c2ccccc2)c2c1[C@]1(C(=O)Nc3ccc(Cl)cc31)C1=C(CCCC1=O)N2. The average Bonchev–Trinajstić information content (AvgIpc) is 3.24. The van der Waals surface area contributed by atoms with Gasteiger partial charge in [0.15, 0.2) is 5.78 Å². The number of benzene rings is 2. The third kappa shape index (κ3) is 2.31. The fraction of sp³-hybridized carbons (Fsp3) is 0.208. The number of para-hydroxylation sites is 1. The number of Topliss-reactive ketones (excluding diaryl/α,β-unsaturated/α-hetero) is 1. The molecular formula is C24H19ClN4O2. The average molecular weight is 431 g/mol. The number of carbonyl (C=O) groups excluding carboxylic acids is 2. The first-order valence-corrected chi connectivity index (χ1v) is 10.7. The highest BCUT2D eigenvalue weighted by atomic mass is 35.5. The standard InChI is InChI=1S/C24H19ClN4O2/c1-13-20-22(29(28-13)15-6-3-2-4-7-15)26-18-8-5-9-19(30)21(18)24(20)16-12-14(25)10-11-17(16)27-23(24)31/h2-4,6-7,10-12,26H,5,8-9H2,1H3,(H,27,31)/t24-/m0/s1. The van der Waals surface area contributed by atoms with Gasteiger partial charge in [-0.05, 0) is 50.1 Å². The van der Waals surface area contributed by atoms with Crippen molar-refractivity contribution in [3.8, 4) is 5.69 Å². The first-order chi connectivity index (χ1) is 15.0. The summed E-state index contributed by atoms with van der Waals surface area (Å²) in [4.78, 5) is 27.1. The Morgan fingerprint density at radius 1 is 1.06 bits per heavy atom. The Labute approximate surface area is 183 Å². The lowest BCUT2D eigenvalue weighted by Crippen LogP contribution is -2.46. The van der Waals surface area contributed by atoms with E-state index >= 15 is 0 Å². The van der Waals surface area contributed by atoms with Crippen LogP contribution in [0.25, 0.3) is 5.69 Å². The van der Waals surface area contributed by atoms with E-state index in [1.165, 1.54) is 0 Å². The lowest BCUT2D eigenvalue weighted by molar-refractivity contribution is -0.122. The van der Waals surface area contributed by atoms with Crippen LogP contribution in [0.15, 0.2) is 59.8 Å². The summed E-state index contributed by atoms with van der Waals surface area (Å²) in [5, 5.41) is 11.8. The minimum Gasteiger partial charge on any atom is -0.343 e. The molecule has 31 heavy (non-hydrogen) atoms. The molecule has 2 N–H and O–H groups in total. The van der Waals surface area contributed by atoms with E-state index in [4.69, 9.17) is 16.7 Å². The van der Waals surface area contributed by atoms with Crippen molar-refractivity contribution in [1.29, 1.82) is 0 Å². The van der Waals surface area contributed by atoms with Gasteiger partial charge in [-0.25, -0.2) is 4.68 Å². The molecule has 7 heteroatoms. The zero-order valence-electron chi connectivity index (χ0n) is 16.8. The van der Waals surface area contributed by atoms with Gasteiger partial charge >= 0.3 is 0 Å². The molecule has 0 saturated carbocycles. The molecule has 0 unspecified atom stereocenters. The molecule has 0 saturated heterocycles. The summed E-state index contributed by atoms with van der Waals surface area (Å²) in [6.45, 7) is 1.89. The second kappa shape index (κ2) is 6.31. The largest absolute Gasteiger partial charge is 0.343 e. The third-order valence-electron chi connectivity index (χ3n) is 6.47. The maximum atomic E-state index is 13.8. The summed E-state index contributed by atoms with van der Waals surface area (Å²) >= 11 is 6.38. The number of rotatable bonds is 1. The number of carbonyl (C=O) groups is 2. The number of nitrogens with zero attached hydrogens (tertiary/aromatic N) is 2. The fourth-order valence-electron chi connectivity index (χ4n) is 5.29. The molecule has 1 aromatic heterocycles. The summed E-state index contributed by atoms with van der Waals surface area (Å²) < 4.78 is 1.82. The van der Waals surface area contributed by atoms with E-state index in [2.05, 4.69) is 10.6 Å². The highest BCUT2D eigenvalue weighted by Crippen LogP contribution is 2.56. The number of hydrogen-bond acceptors (Lipinski definition) is 4.